The van der Waals surface area contributed by atoms with Gasteiger partial charge in [-0.1, -0.05) is 18.2 Å². The molecule has 0 bridgehead atoms. The number of rotatable bonds is 5. The van der Waals surface area contributed by atoms with Gasteiger partial charge in [0.15, 0.2) is 16.6 Å². The first-order valence-electron chi connectivity index (χ1n) is 9.74. The molecule has 1 aliphatic rings. The van der Waals surface area contributed by atoms with Crippen molar-refractivity contribution in [1.29, 1.82) is 0 Å². The van der Waals surface area contributed by atoms with Crippen LogP contribution in [-0.2, 0) is 6.54 Å². The van der Waals surface area contributed by atoms with Gasteiger partial charge in [0.05, 0.1) is 27.4 Å². The maximum atomic E-state index is 5.83. The van der Waals surface area contributed by atoms with Crippen LogP contribution in [0.2, 0.25) is 0 Å². The van der Waals surface area contributed by atoms with E-state index in [4.69, 9.17) is 26.4 Å². The van der Waals surface area contributed by atoms with E-state index in [0.29, 0.717) is 22.4 Å². The van der Waals surface area contributed by atoms with Crippen molar-refractivity contribution in [2.75, 3.05) is 33.2 Å². The minimum Gasteiger partial charge on any atom is -0.493 e. The summed E-state index contributed by atoms with van der Waals surface area (Å²) in [7, 11) is 4.87. The van der Waals surface area contributed by atoms with Crippen molar-refractivity contribution in [1.82, 2.24) is 9.47 Å². The lowest BCUT2D eigenvalue weighted by molar-refractivity contribution is 0.288. The van der Waals surface area contributed by atoms with Gasteiger partial charge in [0, 0.05) is 30.7 Å². The maximum Gasteiger partial charge on any atom is 0.203 e. The van der Waals surface area contributed by atoms with Gasteiger partial charge >= 0.3 is 0 Å². The summed E-state index contributed by atoms with van der Waals surface area (Å²) in [4.78, 5) is 2.21. The standard InChI is InChI=1S/C23H25N3O3S/c1-27-19-14-16(15-20(28-2)22(19)29-3)21-18-10-7-11-25(18)12-13-26(21)23(30)24-17-8-5-4-6-9-17/h4-11,14-15,21H,12-13H2,1-3H3,(H,24,30). The molecule has 4 rings (SSSR count). The lowest BCUT2D eigenvalue weighted by atomic mass is 9.99. The number of methoxy groups -OCH3 is 3. The SMILES string of the molecule is COc1cc(C2c3cccn3CCN2C(=S)Nc2ccccc2)cc(OC)c1OC. The van der Waals surface area contributed by atoms with E-state index in [-0.39, 0.29) is 6.04 Å². The molecule has 6 nitrogen and oxygen atoms in total. The molecule has 1 atom stereocenters. The number of para-hydroxylation sites is 1. The summed E-state index contributed by atoms with van der Waals surface area (Å²) in [6.45, 7) is 1.64. The Morgan fingerprint density at radius 2 is 1.63 bits per heavy atom. The highest BCUT2D eigenvalue weighted by molar-refractivity contribution is 7.80. The Labute approximate surface area is 182 Å². The minimum atomic E-state index is -0.0915. The summed E-state index contributed by atoms with van der Waals surface area (Å²) >= 11 is 5.83. The Morgan fingerprint density at radius 1 is 0.933 bits per heavy atom. The lowest BCUT2D eigenvalue weighted by Gasteiger charge is -2.39. The summed E-state index contributed by atoms with van der Waals surface area (Å²) in [5, 5.41) is 4.05. The minimum absolute atomic E-state index is 0.0915. The lowest BCUT2D eigenvalue weighted by Crippen LogP contribution is -2.44. The van der Waals surface area contributed by atoms with Gasteiger partial charge in [-0.3, -0.25) is 0 Å². The molecule has 1 aliphatic heterocycles. The van der Waals surface area contributed by atoms with E-state index < -0.39 is 0 Å². The molecule has 3 aromatic rings. The van der Waals surface area contributed by atoms with Crippen LogP contribution in [0.5, 0.6) is 17.2 Å². The van der Waals surface area contributed by atoms with Crippen LogP contribution in [0.3, 0.4) is 0 Å². The molecule has 7 heteroatoms. The van der Waals surface area contributed by atoms with E-state index in [2.05, 4.69) is 33.1 Å². The Balaban J connectivity index is 1.77. The van der Waals surface area contributed by atoms with E-state index in [1.807, 2.05) is 42.5 Å². The Kier molecular flexibility index (Phi) is 5.81. The molecule has 2 heterocycles. The van der Waals surface area contributed by atoms with Crippen LogP contribution >= 0.6 is 12.2 Å². The Hall–Kier alpha value is -3.19. The number of fused-ring (bicyclic) bond motifs is 1. The highest BCUT2D eigenvalue weighted by Crippen LogP contribution is 2.43. The van der Waals surface area contributed by atoms with Crippen LogP contribution in [-0.4, -0.2) is 42.5 Å². The smallest absolute Gasteiger partial charge is 0.203 e. The largest absolute Gasteiger partial charge is 0.493 e. The number of ether oxygens (including phenoxy) is 3. The fourth-order valence-electron chi connectivity index (χ4n) is 3.93. The van der Waals surface area contributed by atoms with Gasteiger partial charge in [-0.05, 0) is 54.2 Å². The normalized spacial score (nSPS) is 15.3. The van der Waals surface area contributed by atoms with Gasteiger partial charge < -0.3 is 29.0 Å². The quantitative estimate of drug-likeness (QED) is 0.617. The molecule has 0 aliphatic carbocycles. The monoisotopic (exact) mass is 423 g/mol. The molecule has 30 heavy (non-hydrogen) atoms. The van der Waals surface area contributed by atoms with Crippen LogP contribution in [0.4, 0.5) is 5.69 Å². The molecule has 156 valence electrons. The van der Waals surface area contributed by atoms with Crippen LogP contribution in [0.15, 0.2) is 60.8 Å². The average molecular weight is 424 g/mol. The summed E-state index contributed by atoms with van der Waals surface area (Å²) in [5.74, 6) is 1.82. The Bertz CT molecular complexity index is 1010. The average Bonchev–Trinajstić information content (AvgIpc) is 3.26. The predicted octanol–water partition coefficient (Wildman–Crippen LogP) is 4.32. The van der Waals surface area contributed by atoms with Gasteiger partial charge in [0.2, 0.25) is 5.75 Å². The fraction of sp³-hybridized carbons (Fsp3) is 0.261. The highest BCUT2D eigenvalue weighted by atomic mass is 32.1. The van der Waals surface area contributed by atoms with Crippen LogP contribution in [0.25, 0.3) is 0 Å². The molecule has 1 unspecified atom stereocenters. The second kappa shape index (κ2) is 8.67. The number of benzene rings is 2. The first-order valence-corrected chi connectivity index (χ1v) is 10.1. The van der Waals surface area contributed by atoms with Crippen molar-refractivity contribution in [2.45, 2.75) is 12.6 Å². The molecule has 0 amide bonds. The topological polar surface area (TPSA) is 47.9 Å². The molecule has 0 fully saturated rings. The van der Waals surface area contributed by atoms with Crippen molar-refractivity contribution >= 4 is 23.0 Å². The first kappa shape index (κ1) is 20.1. The predicted molar refractivity (Wildman–Crippen MR) is 122 cm³/mol. The van der Waals surface area contributed by atoms with Crippen molar-refractivity contribution < 1.29 is 14.2 Å². The number of thiocarbonyl (C=S) groups is 1. The van der Waals surface area contributed by atoms with E-state index in [0.717, 1.165) is 30.0 Å². The summed E-state index contributed by atoms with van der Waals surface area (Å²) < 4.78 is 18.9. The molecule has 2 aromatic carbocycles. The van der Waals surface area contributed by atoms with Gasteiger partial charge in [-0.2, -0.15) is 0 Å². The van der Waals surface area contributed by atoms with Gasteiger partial charge in [-0.15, -0.1) is 0 Å². The summed E-state index contributed by atoms with van der Waals surface area (Å²) in [6.07, 6.45) is 2.10. The van der Waals surface area contributed by atoms with Crippen molar-refractivity contribution in [3.63, 3.8) is 0 Å². The second-order valence-electron chi connectivity index (χ2n) is 6.98. The van der Waals surface area contributed by atoms with Gasteiger partial charge in [0.25, 0.3) is 0 Å². The molecule has 0 saturated heterocycles. The van der Waals surface area contributed by atoms with Crippen LogP contribution < -0.4 is 19.5 Å². The highest BCUT2D eigenvalue weighted by Gasteiger charge is 2.32. The zero-order valence-corrected chi connectivity index (χ0v) is 18.1. The third-order valence-electron chi connectivity index (χ3n) is 5.33. The van der Waals surface area contributed by atoms with Crippen LogP contribution in [0, 0.1) is 0 Å². The molecule has 1 N–H and O–H groups in total. The molecule has 0 saturated carbocycles. The number of aromatic nitrogens is 1. The zero-order chi connectivity index (χ0) is 21.1. The third kappa shape index (κ3) is 3.68. The molecule has 0 spiro atoms. The number of anilines is 1. The van der Waals surface area contributed by atoms with Crippen molar-refractivity contribution in [2.24, 2.45) is 0 Å². The van der Waals surface area contributed by atoms with Gasteiger partial charge in [0.1, 0.15) is 0 Å². The van der Waals surface area contributed by atoms with Crippen molar-refractivity contribution in [3.8, 4) is 17.2 Å². The fourth-order valence-corrected chi connectivity index (χ4v) is 4.24. The summed E-state index contributed by atoms with van der Waals surface area (Å²) in [6, 6.07) is 18.1. The molecule has 0 radical (unpaired) electrons. The van der Waals surface area contributed by atoms with E-state index in [9.17, 15) is 0 Å². The molecular formula is C23H25N3O3S. The number of nitrogens with one attached hydrogen (secondary N) is 1. The van der Waals surface area contributed by atoms with E-state index in [1.54, 1.807) is 21.3 Å². The molecular weight excluding hydrogens is 398 g/mol. The first-order chi connectivity index (χ1) is 14.7. The number of nitrogens with zero attached hydrogens (tertiary/aromatic N) is 2. The number of hydrogen-bond donors (Lipinski definition) is 1. The second-order valence-corrected chi connectivity index (χ2v) is 7.36. The van der Waals surface area contributed by atoms with Gasteiger partial charge in [-0.25, -0.2) is 0 Å². The van der Waals surface area contributed by atoms with Crippen LogP contribution in [0.1, 0.15) is 17.3 Å². The van der Waals surface area contributed by atoms with E-state index >= 15 is 0 Å². The maximum absolute atomic E-state index is 5.83. The summed E-state index contributed by atoms with van der Waals surface area (Å²) in [5.41, 5.74) is 3.14. The number of hydrogen-bond acceptors (Lipinski definition) is 4. The van der Waals surface area contributed by atoms with Crippen molar-refractivity contribution in [3.05, 3.63) is 72.1 Å². The Morgan fingerprint density at radius 3 is 2.27 bits per heavy atom. The molecule has 1 aromatic heterocycles. The van der Waals surface area contributed by atoms with E-state index in [1.165, 1.54) is 0 Å². The zero-order valence-electron chi connectivity index (χ0n) is 17.3. The third-order valence-corrected chi connectivity index (χ3v) is 5.66.